The SMILES string of the molecule is COC(=O)C1CCC(Oc2ccc(CC(=O)c3nnc(Nc4ccc(F)c(F)c4)o3)cn2)CC1. The van der Waals surface area contributed by atoms with Crippen LogP contribution in [0.4, 0.5) is 20.5 Å². The van der Waals surface area contributed by atoms with Gasteiger partial charge in [-0.15, -0.1) is 5.10 Å². The van der Waals surface area contributed by atoms with Crippen LogP contribution >= 0.6 is 0 Å². The van der Waals surface area contributed by atoms with Gasteiger partial charge in [0.2, 0.25) is 11.7 Å². The molecule has 0 unspecified atom stereocenters. The van der Waals surface area contributed by atoms with E-state index in [1.165, 1.54) is 19.4 Å². The molecule has 0 amide bonds. The van der Waals surface area contributed by atoms with Crippen LogP contribution in [-0.4, -0.2) is 40.1 Å². The van der Waals surface area contributed by atoms with E-state index >= 15 is 0 Å². The third-order valence-electron chi connectivity index (χ3n) is 5.49. The number of nitrogens with zero attached hydrogens (tertiary/aromatic N) is 3. The topological polar surface area (TPSA) is 116 Å². The van der Waals surface area contributed by atoms with E-state index < -0.39 is 17.4 Å². The van der Waals surface area contributed by atoms with Crippen molar-refractivity contribution in [3.05, 3.63) is 59.6 Å². The lowest BCUT2D eigenvalue weighted by molar-refractivity contribution is -0.147. The molecule has 11 heteroatoms. The molecule has 0 radical (unpaired) electrons. The summed E-state index contributed by atoms with van der Waals surface area (Å²) in [5.41, 5.74) is 0.820. The number of carbonyl (C=O) groups is 2. The number of ketones is 1. The van der Waals surface area contributed by atoms with E-state index in [0.29, 0.717) is 24.3 Å². The molecular weight excluding hydrogens is 450 g/mol. The van der Waals surface area contributed by atoms with Gasteiger partial charge in [0.25, 0.3) is 5.89 Å². The summed E-state index contributed by atoms with van der Waals surface area (Å²) in [6.45, 7) is 0. The minimum atomic E-state index is -1.03. The van der Waals surface area contributed by atoms with Crippen LogP contribution in [0.25, 0.3) is 0 Å². The van der Waals surface area contributed by atoms with Gasteiger partial charge in [0.1, 0.15) is 6.10 Å². The van der Waals surface area contributed by atoms with E-state index in [0.717, 1.165) is 25.0 Å². The molecule has 1 aliphatic rings. The Morgan fingerprint density at radius 2 is 1.88 bits per heavy atom. The van der Waals surface area contributed by atoms with Crippen LogP contribution in [0.5, 0.6) is 5.88 Å². The summed E-state index contributed by atoms with van der Waals surface area (Å²) in [6.07, 6.45) is 4.37. The van der Waals surface area contributed by atoms with Gasteiger partial charge in [-0.3, -0.25) is 9.59 Å². The third-order valence-corrected chi connectivity index (χ3v) is 5.49. The second-order valence-corrected chi connectivity index (χ2v) is 7.89. The molecule has 0 spiro atoms. The maximum atomic E-state index is 13.3. The lowest BCUT2D eigenvalue weighted by atomic mass is 9.87. The van der Waals surface area contributed by atoms with Crippen molar-refractivity contribution in [1.29, 1.82) is 0 Å². The van der Waals surface area contributed by atoms with Crippen molar-refractivity contribution in [2.75, 3.05) is 12.4 Å². The number of hydrogen-bond donors (Lipinski definition) is 1. The fraction of sp³-hybridized carbons (Fsp3) is 0.348. The van der Waals surface area contributed by atoms with Crippen molar-refractivity contribution in [2.45, 2.75) is 38.2 Å². The maximum Gasteiger partial charge on any atom is 0.320 e. The number of aromatic nitrogens is 3. The second-order valence-electron chi connectivity index (χ2n) is 7.89. The van der Waals surface area contributed by atoms with Crippen molar-refractivity contribution in [3.8, 4) is 5.88 Å². The van der Waals surface area contributed by atoms with Gasteiger partial charge < -0.3 is 19.2 Å². The van der Waals surface area contributed by atoms with Crippen molar-refractivity contribution >= 4 is 23.5 Å². The number of pyridine rings is 1. The van der Waals surface area contributed by atoms with Gasteiger partial charge in [0.15, 0.2) is 11.6 Å². The first kappa shape index (κ1) is 23.3. The highest BCUT2D eigenvalue weighted by Crippen LogP contribution is 2.28. The zero-order chi connectivity index (χ0) is 24.1. The van der Waals surface area contributed by atoms with E-state index in [-0.39, 0.29) is 42.0 Å². The minimum absolute atomic E-state index is 0.0235. The number of anilines is 2. The lowest BCUT2D eigenvalue weighted by Crippen LogP contribution is -2.28. The molecule has 0 saturated heterocycles. The van der Waals surface area contributed by atoms with E-state index in [4.69, 9.17) is 13.9 Å². The van der Waals surface area contributed by atoms with Gasteiger partial charge >= 0.3 is 12.0 Å². The quantitative estimate of drug-likeness (QED) is 0.383. The molecule has 0 bridgehead atoms. The average Bonchev–Trinajstić information content (AvgIpc) is 3.31. The third kappa shape index (κ3) is 5.72. The van der Waals surface area contributed by atoms with Crippen molar-refractivity contribution in [2.24, 2.45) is 5.92 Å². The van der Waals surface area contributed by atoms with Crippen LogP contribution in [0, 0.1) is 17.6 Å². The summed E-state index contributed by atoms with van der Waals surface area (Å²) in [5, 5.41) is 10.0. The van der Waals surface area contributed by atoms with Crippen molar-refractivity contribution in [1.82, 2.24) is 15.2 Å². The fourth-order valence-electron chi connectivity index (χ4n) is 3.68. The number of benzene rings is 1. The number of Topliss-reactive ketones (excluding diaryl/α,β-unsaturated/α-hetero) is 1. The first-order valence-corrected chi connectivity index (χ1v) is 10.7. The Balaban J connectivity index is 1.28. The van der Waals surface area contributed by atoms with Gasteiger partial charge in [0.05, 0.1) is 13.0 Å². The van der Waals surface area contributed by atoms with Crippen LogP contribution in [0.1, 0.15) is 41.9 Å². The Morgan fingerprint density at radius 3 is 2.56 bits per heavy atom. The Bertz CT molecular complexity index is 1160. The molecule has 1 aliphatic carbocycles. The summed E-state index contributed by atoms with van der Waals surface area (Å²) < 4.78 is 42.3. The highest BCUT2D eigenvalue weighted by atomic mass is 19.2. The maximum absolute atomic E-state index is 13.3. The van der Waals surface area contributed by atoms with Crippen LogP contribution in [-0.2, 0) is 16.0 Å². The standard InChI is InChI=1S/C23H22F2N4O5/c1-32-22(31)14-3-6-16(7-4-14)33-20-9-2-13(12-26-20)10-19(30)21-28-29-23(34-21)27-15-5-8-17(24)18(25)11-15/h2,5,8-9,11-12,14,16H,3-4,6-7,10H2,1H3,(H,27,29). The van der Waals surface area contributed by atoms with E-state index in [1.54, 1.807) is 12.1 Å². The number of halogens is 2. The first-order valence-electron chi connectivity index (χ1n) is 10.7. The Labute approximate surface area is 193 Å². The predicted molar refractivity (Wildman–Crippen MR) is 115 cm³/mol. The second kappa shape index (κ2) is 10.4. The van der Waals surface area contributed by atoms with Crippen LogP contribution in [0.2, 0.25) is 0 Å². The lowest BCUT2D eigenvalue weighted by Gasteiger charge is -2.27. The van der Waals surface area contributed by atoms with Crippen LogP contribution in [0.3, 0.4) is 0 Å². The predicted octanol–water partition coefficient (Wildman–Crippen LogP) is 4.02. The molecule has 0 atom stereocenters. The van der Waals surface area contributed by atoms with Crippen molar-refractivity contribution in [3.63, 3.8) is 0 Å². The summed E-state index contributed by atoms with van der Waals surface area (Å²) >= 11 is 0. The molecule has 3 aromatic rings. The zero-order valence-corrected chi connectivity index (χ0v) is 18.3. The summed E-state index contributed by atoms with van der Waals surface area (Å²) in [4.78, 5) is 28.3. The molecule has 1 fully saturated rings. The molecule has 1 saturated carbocycles. The number of rotatable bonds is 8. The van der Waals surface area contributed by atoms with Crippen LogP contribution < -0.4 is 10.1 Å². The van der Waals surface area contributed by atoms with Gasteiger partial charge in [0, 0.05) is 30.4 Å². The number of ether oxygens (including phenoxy) is 2. The van der Waals surface area contributed by atoms with Gasteiger partial charge in [-0.2, -0.15) is 0 Å². The fourth-order valence-corrected chi connectivity index (χ4v) is 3.68. The monoisotopic (exact) mass is 472 g/mol. The number of esters is 1. The molecule has 34 heavy (non-hydrogen) atoms. The molecular formula is C23H22F2N4O5. The molecule has 2 aromatic heterocycles. The average molecular weight is 472 g/mol. The van der Waals surface area contributed by atoms with Gasteiger partial charge in [-0.1, -0.05) is 11.2 Å². The highest BCUT2D eigenvalue weighted by Gasteiger charge is 2.28. The minimum Gasteiger partial charge on any atom is -0.474 e. The molecule has 1 aromatic carbocycles. The van der Waals surface area contributed by atoms with Crippen molar-refractivity contribution < 1.29 is 32.3 Å². The summed E-state index contributed by atoms with van der Waals surface area (Å²) in [7, 11) is 1.39. The molecule has 178 valence electrons. The molecule has 0 aliphatic heterocycles. The molecule has 4 rings (SSSR count). The summed E-state index contributed by atoms with van der Waals surface area (Å²) in [5.74, 6) is -2.50. The van der Waals surface area contributed by atoms with Gasteiger partial charge in [-0.05, 0) is 43.4 Å². The van der Waals surface area contributed by atoms with E-state index in [1.807, 2.05) is 0 Å². The Hall–Kier alpha value is -3.89. The van der Waals surface area contributed by atoms with Gasteiger partial charge in [-0.25, -0.2) is 13.8 Å². The zero-order valence-electron chi connectivity index (χ0n) is 18.3. The number of hydrogen-bond acceptors (Lipinski definition) is 9. The highest BCUT2D eigenvalue weighted by molar-refractivity contribution is 5.93. The number of methoxy groups -OCH3 is 1. The summed E-state index contributed by atoms with van der Waals surface area (Å²) in [6, 6.07) is 6.45. The number of nitrogens with one attached hydrogen (secondary N) is 1. The Morgan fingerprint density at radius 1 is 1.09 bits per heavy atom. The smallest absolute Gasteiger partial charge is 0.320 e. The molecule has 1 N–H and O–H groups in total. The largest absolute Gasteiger partial charge is 0.474 e. The Kier molecular flexibility index (Phi) is 7.09. The van der Waals surface area contributed by atoms with E-state index in [9.17, 15) is 18.4 Å². The normalized spacial score (nSPS) is 17.7. The number of carbonyl (C=O) groups excluding carboxylic acids is 2. The van der Waals surface area contributed by atoms with E-state index in [2.05, 4.69) is 20.5 Å². The first-order chi connectivity index (χ1) is 16.4. The molecule has 9 nitrogen and oxygen atoms in total. The molecule has 2 heterocycles. The van der Waals surface area contributed by atoms with Crippen LogP contribution in [0.15, 0.2) is 40.9 Å².